The van der Waals surface area contributed by atoms with Crippen LogP contribution in [0.15, 0.2) is 24.4 Å². The van der Waals surface area contributed by atoms with E-state index in [4.69, 9.17) is 5.11 Å². The van der Waals surface area contributed by atoms with E-state index in [9.17, 15) is 18.4 Å². The first-order chi connectivity index (χ1) is 9.95. The molecular formula is C12H10F2N4O3. The number of aromatic carboxylic acids is 1. The summed E-state index contributed by atoms with van der Waals surface area (Å²) < 4.78 is 27.1. The van der Waals surface area contributed by atoms with Crippen molar-refractivity contribution in [1.82, 2.24) is 20.3 Å². The van der Waals surface area contributed by atoms with Gasteiger partial charge in [-0.2, -0.15) is 0 Å². The molecule has 7 nitrogen and oxygen atoms in total. The zero-order chi connectivity index (χ0) is 15.4. The number of hydrogen-bond acceptors (Lipinski definition) is 4. The minimum Gasteiger partial charge on any atom is -0.476 e. The lowest BCUT2D eigenvalue weighted by Crippen LogP contribution is -2.27. The van der Waals surface area contributed by atoms with Gasteiger partial charge in [-0.05, 0) is 12.1 Å². The van der Waals surface area contributed by atoms with Gasteiger partial charge in [0.25, 0.3) is 5.91 Å². The number of halogens is 2. The quantitative estimate of drug-likeness (QED) is 0.846. The van der Waals surface area contributed by atoms with E-state index in [0.29, 0.717) is 6.07 Å². The fraction of sp³-hybridized carbons (Fsp3) is 0.167. The number of carbonyl (C=O) groups is 2. The van der Waals surface area contributed by atoms with Gasteiger partial charge in [0, 0.05) is 18.2 Å². The normalized spacial score (nSPS) is 10.4. The van der Waals surface area contributed by atoms with Crippen molar-refractivity contribution in [2.24, 2.45) is 0 Å². The largest absolute Gasteiger partial charge is 0.476 e. The summed E-state index contributed by atoms with van der Waals surface area (Å²) in [7, 11) is 0. The molecule has 1 aromatic heterocycles. The molecule has 110 valence electrons. The molecule has 1 aromatic carbocycles. The third-order valence-electron chi connectivity index (χ3n) is 2.51. The van der Waals surface area contributed by atoms with Crippen molar-refractivity contribution in [2.45, 2.75) is 6.54 Å². The maximum absolute atomic E-state index is 13.0. The molecule has 2 N–H and O–H groups in total. The molecule has 0 saturated heterocycles. The van der Waals surface area contributed by atoms with Crippen molar-refractivity contribution in [1.29, 1.82) is 0 Å². The second-order valence-corrected chi connectivity index (χ2v) is 4.09. The van der Waals surface area contributed by atoms with E-state index < -0.39 is 23.5 Å². The first-order valence-electron chi connectivity index (χ1n) is 5.83. The molecule has 0 bridgehead atoms. The standard InChI is InChI=1S/C12H10F2N4O3/c13-8-3-7(4-9(14)5-8)11(19)15-1-2-18-6-10(12(20)21)16-17-18/h3-6H,1-2H2,(H,15,19)(H,20,21). The number of carboxylic acids is 1. The second-order valence-electron chi connectivity index (χ2n) is 4.09. The Balaban J connectivity index is 1.90. The molecule has 9 heteroatoms. The van der Waals surface area contributed by atoms with Gasteiger partial charge < -0.3 is 10.4 Å². The van der Waals surface area contributed by atoms with Crippen LogP contribution in [0.4, 0.5) is 8.78 Å². The van der Waals surface area contributed by atoms with Crippen LogP contribution in [0, 0.1) is 11.6 Å². The van der Waals surface area contributed by atoms with Crippen molar-refractivity contribution in [3.8, 4) is 0 Å². The Morgan fingerprint density at radius 2 is 1.90 bits per heavy atom. The topological polar surface area (TPSA) is 97.1 Å². The molecule has 0 saturated carbocycles. The monoisotopic (exact) mass is 296 g/mol. The number of carboxylic acid groups (broad SMARTS) is 1. The lowest BCUT2D eigenvalue weighted by atomic mass is 10.2. The predicted octanol–water partition coefficient (Wildman–Crippen LogP) is 0.684. The average molecular weight is 296 g/mol. The molecule has 0 radical (unpaired) electrons. The van der Waals surface area contributed by atoms with Gasteiger partial charge in [-0.3, -0.25) is 4.79 Å². The third-order valence-corrected chi connectivity index (χ3v) is 2.51. The van der Waals surface area contributed by atoms with Crippen LogP contribution in [0.5, 0.6) is 0 Å². The fourth-order valence-corrected chi connectivity index (χ4v) is 1.58. The molecule has 0 fully saturated rings. The highest BCUT2D eigenvalue weighted by atomic mass is 19.1. The molecule has 1 amide bonds. The number of aromatic nitrogens is 3. The maximum atomic E-state index is 13.0. The minimum atomic E-state index is -1.21. The Kier molecular flexibility index (Phi) is 4.21. The molecule has 0 unspecified atom stereocenters. The Morgan fingerprint density at radius 3 is 2.48 bits per heavy atom. The average Bonchev–Trinajstić information content (AvgIpc) is 2.86. The van der Waals surface area contributed by atoms with Crippen molar-refractivity contribution in [3.63, 3.8) is 0 Å². The zero-order valence-electron chi connectivity index (χ0n) is 10.6. The van der Waals surface area contributed by atoms with Crippen LogP contribution in [0.3, 0.4) is 0 Å². The molecule has 0 atom stereocenters. The summed E-state index contributed by atoms with van der Waals surface area (Å²) in [6.45, 7) is 0.267. The van der Waals surface area contributed by atoms with Gasteiger partial charge in [0.1, 0.15) is 11.6 Å². The lowest BCUT2D eigenvalue weighted by Gasteiger charge is -2.05. The highest BCUT2D eigenvalue weighted by Gasteiger charge is 2.10. The fourth-order valence-electron chi connectivity index (χ4n) is 1.58. The molecular weight excluding hydrogens is 286 g/mol. The Bertz CT molecular complexity index is 667. The Hall–Kier alpha value is -2.84. The van der Waals surface area contributed by atoms with Gasteiger partial charge >= 0.3 is 5.97 Å². The molecule has 0 aliphatic carbocycles. The van der Waals surface area contributed by atoms with Crippen LogP contribution >= 0.6 is 0 Å². The van der Waals surface area contributed by atoms with Gasteiger partial charge in [0.15, 0.2) is 5.69 Å². The molecule has 1 heterocycles. The number of carbonyl (C=O) groups excluding carboxylic acids is 1. The van der Waals surface area contributed by atoms with E-state index in [1.807, 2.05) is 0 Å². The van der Waals surface area contributed by atoms with E-state index >= 15 is 0 Å². The van der Waals surface area contributed by atoms with Crippen molar-refractivity contribution in [2.75, 3.05) is 6.54 Å². The Labute approximate surface area is 117 Å². The van der Waals surface area contributed by atoms with E-state index in [0.717, 1.165) is 12.1 Å². The van der Waals surface area contributed by atoms with Crippen molar-refractivity contribution < 1.29 is 23.5 Å². The molecule has 0 aliphatic rings. The minimum absolute atomic E-state index is 0.0966. The van der Waals surface area contributed by atoms with Gasteiger partial charge in [0.05, 0.1) is 12.7 Å². The molecule has 21 heavy (non-hydrogen) atoms. The van der Waals surface area contributed by atoms with E-state index in [-0.39, 0.29) is 24.3 Å². The summed E-state index contributed by atoms with van der Waals surface area (Å²) >= 11 is 0. The van der Waals surface area contributed by atoms with Crippen LogP contribution in [0.1, 0.15) is 20.8 Å². The second kappa shape index (κ2) is 6.07. The highest BCUT2D eigenvalue weighted by Crippen LogP contribution is 2.07. The van der Waals surface area contributed by atoms with Gasteiger partial charge in [0.2, 0.25) is 0 Å². The van der Waals surface area contributed by atoms with Crippen LogP contribution in [-0.4, -0.2) is 38.5 Å². The third kappa shape index (κ3) is 3.81. The predicted molar refractivity (Wildman–Crippen MR) is 65.7 cm³/mol. The van der Waals surface area contributed by atoms with Crippen LogP contribution in [-0.2, 0) is 6.54 Å². The summed E-state index contributed by atoms with van der Waals surface area (Å²) in [6, 6.07) is 2.49. The first kappa shape index (κ1) is 14.6. The smallest absolute Gasteiger partial charge is 0.358 e. The number of nitrogens with zero attached hydrogens (tertiary/aromatic N) is 3. The van der Waals surface area contributed by atoms with E-state index in [2.05, 4.69) is 15.6 Å². The van der Waals surface area contributed by atoms with E-state index in [1.165, 1.54) is 10.9 Å². The number of rotatable bonds is 5. The summed E-state index contributed by atoms with van der Waals surface area (Å²) in [4.78, 5) is 22.3. The lowest BCUT2D eigenvalue weighted by molar-refractivity contribution is 0.0690. The molecule has 2 rings (SSSR count). The molecule has 2 aromatic rings. The maximum Gasteiger partial charge on any atom is 0.358 e. The van der Waals surface area contributed by atoms with Crippen LogP contribution < -0.4 is 5.32 Å². The van der Waals surface area contributed by atoms with Crippen LogP contribution in [0.2, 0.25) is 0 Å². The first-order valence-corrected chi connectivity index (χ1v) is 5.83. The number of amides is 1. The SMILES string of the molecule is O=C(NCCn1cc(C(=O)O)nn1)c1cc(F)cc(F)c1. The van der Waals surface area contributed by atoms with Gasteiger partial charge in [-0.15, -0.1) is 5.10 Å². The summed E-state index contributed by atoms with van der Waals surface area (Å²) in [5, 5.41) is 18.0. The summed E-state index contributed by atoms with van der Waals surface area (Å²) in [6.07, 6.45) is 1.20. The molecule has 0 aliphatic heterocycles. The van der Waals surface area contributed by atoms with Gasteiger partial charge in [-0.25, -0.2) is 18.3 Å². The van der Waals surface area contributed by atoms with E-state index in [1.54, 1.807) is 0 Å². The summed E-state index contributed by atoms with van der Waals surface area (Å²) in [5.41, 5.74) is -0.356. The molecule has 0 spiro atoms. The number of nitrogens with one attached hydrogen (secondary N) is 1. The Morgan fingerprint density at radius 1 is 1.24 bits per heavy atom. The van der Waals surface area contributed by atoms with Crippen molar-refractivity contribution in [3.05, 3.63) is 47.3 Å². The van der Waals surface area contributed by atoms with Crippen molar-refractivity contribution >= 4 is 11.9 Å². The number of benzene rings is 1. The van der Waals surface area contributed by atoms with Gasteiger partial charge in [-0.1, -0.05) is 5.21 Å². The highest BCUT2D eigenvalue weighted by molar-refractivity contribution is 5.94. The number of hydrogen-bond donors (Lipinski definition) is 2. The zero-order valence-corrected chi connectivity index (χ0v) is 10.6. The van der Waals surface area contributed by atoms with Crippen LogP contribution in [0.25, 0.3) is 0 Å². The summed E-state index contributed by atoms with van der Waals surface area (Å²) in [5.74, 6) is -3.54.